The summed E-state index contributed by atoms with van der Waals surface area (Å²) in [7, 11) is -3.03. The highest BCUT2D eigenvalue weighted by Gasteiger charge is 2.49. The van der Waals surface area contributed by atoms with Crippen LogP contribution in [0.15, 0.2) is 27.7 Å². The number of aliphatic imine (C=N–C) groups is 1. The van der Waals surface area contributed by atoms with Crippen LogP contribution in [0.3, 0.4) is 0 Å². The van der Waals surface area contributed by atoms with Crippen molar-refractivity contribution in [3.63, 3.8) is 0 Å². The number of carbonyl (C=O) groups is 1. The molecule has 1 aromatic carbocycles. The van der Waals surface area contributed by atoms with Crippen molar-refractivity contribution in [1.29, 1.82) is 0 Å². The highest BCUT2D eigenvalue weighted by molar-refractivity contribution is 9.10. The first-order valence-corrected chi connectivity index (χ1v) is 10.8. The second-order valence-corrected chi connectivity index (χ2v) is 9.96. The number of hydrogen-bond donors (Lipinski definition) is 0. The Morgan fingerprint density at radius 1 is 1.43 bits per heavy atom. The van der Waals surface area contributed by atoms with Gasteiger partial charge >= 0.3 is 0 Å². The number of benzene rings is 1. The molecular formula is C15H17BrN2O3S2. The molecule has 0 aromatic heterocycles. The molecule has 5 nitrogen and oxygen atoms in total. The van der Waals surface area contributed by atoms with Gasteiger partial charge < -0.3 is 4.90 Å². The molecule has 0 aliphatic carbocycles. The van der Waals surface area contributed by atoms with Crippen molar-refractivity contribution in [2.45, 2.75) is 31.6 Å². The number of hydrogen-bond acceptors (Lipinski definition) is 4. The number of rotatable bonds is 2. The van der Waals surface area contributed by atoms with Gasteiger partial charge in [0.1, 0.15) is 0 Å². The van der Waals surface area contributed by atoms with Crippen molar-refractivity contribution >= 4 is 54.3 Å². The van der Waals surface area contributed by atoms with Crippen LogP contribution in [-0.4, -0.2) is 42.3 Å². The van der Waals surface area contributed by atoms with E-state index >= 15 is 0 Å². The Labute approximate surface area is 148 Å². The highest BCUT2D eigenvalue weighted by Crippen LogP contribution is 2.41. The first-order chi connectivity index (χ1) is 10.8. The zero-order chi connectivity index (χ0) is 16.8. The zero-order valence-corrected chi connectivity index (χ0v) is 16.0. The summed E-state index contributed by atoms with van der Waals surface area (Å²) >= 11 is 4.88. The topological polar surface area (TPSA) is 66.8 Å². The minimum atomic E-state index is -3.03. The molecular weight excluding hydrogens is 400 g/mol. The molecule has 0 spiro atoms. The lowest BCUT2D eigenvalue weighted by Crippen LogP contribution is -2.37. The molecule has 1 aromatic rings. The highest BCUT2D eigenvalue weighted by atomic mass is 79.9. The van der Waals surface area contributed by atoms with Crippen molar-refractivity contribution < 1.29 is 13.2 Å². The van der Waals surface area contributed by atoms with Gasteiger partial charge in [0, 0.05) is 21.8 Å². The molecule has 0 saturated carbocycles. The predicted octanol–water partition coefficient (Wildman–Crippen LogP) is 2.77. The van der Waals surface area contributed by atoms with E-state index in [9.17, 15) is 13.2 Å². The quantitative estimate of drug-likeness (QED) is 0.741. The van der Waals surface area contributed by atoms with Gasteiger partial charge in [0.05, 0.1) is 17.5 Å². The number of aryl methyl sites for hydroxylation is 1. The number of halogens is 1. The molecule has 2 fully saturated rings. The fraction of sp³-hybridized carbons (Fsp3) is 0.467. The molecule has 2 atom stereocenters. The number of amides is 1. The maximum Gasteiger partial charge on any atom is 0.247 e. The molecule has 2 aliphatic rings. The lowest BCUT2D eigenvalue weighted by molar-refractivity contribution is -0.117. The Balaban J connectivity index is 2.04. The van der Waals surface area contributed by atoms with E-state index in [-0.39, 0.29) is 28.7 Å². The summed E-state index contributed by atoms with van der Waals surface area (Å²) in [6.45, 7) is 3.75. The molecule has 3 rings (SSSR count). The molecule has 8 heteroatoms. The molecule has 23 heavy (non-hydrogen) atoms. The van der Waals surface area contributed by atoms with E-state index < -0.39 is 9.84 Å². The molecule has 0 radical (unpaired) electrons. The molecule has 2 heterocycles. The van der Waals surface area contributed by atoms with Crippen molar-refractivity contribution in [1.82, 2.24) is 0 Å². The number of anilines is 1. The Morgan fingerprint density at radius 3 is 2.83 bits per heavy atom. The lowest BCUT2D eigenvalue weighted by atomic mass is 10.1. The molecule has 1 amide bonds. The van der Waals surface area contributed by atoms with E-state index in [1.807, 2.05) is 30.0 Å². The van der Waals surface area contributed by atoms with Crippen molar-refractivity contribution in [2.75, 3.05) is 16.4 Å². The average Bonchev–Trinajstić information content (AvgIpc) is 2.93. The van der Waals surface area contributed by atoms with Gasteiger partial charge in [-0.3, -0.25) is 4.79 Å². The minimum Gasteiger partial charge on any atom is -0.316 e. The van der Waals surface area contributed by atoms with Crippen LogP contribution in [0.4, 0.5) is 5.69 Å². The zero-order valence-electron chi connectivity index (χ0n) is 12.8. The average molecular weight is 417 g/mol. The van der Waals surface area contributed by atoms with Gasteiger partial charge in [-0.05, 0) is 30.7 Å². The molecule has 124 valence electrons. The summed E-state index contributed by atoms with van der Waals surface area (Å²) < 4.78 is 24.9. The number of nitrogens with zero attached hydrogens (tertiary/aromatic N) is 2. The number of thioether (sulfide) groups is 1. The van der Waals surface area contributed by atoms with E-state index in [0.717, 1.165) is 15.7 Å². The monoisotopic (exact) mass is 416 g/mol. The standard InChI is InChI=1S/C15H17BrN2O3S2/c1-3-14(19)17-15-18(10-4-5-11(16)9(2)6-10)12-7-23(20,21)8-13(12)22-15/h4-6,12-13H,3,7-8H2,1-2H3/t12-,13+/m1/s1. The van der Waals surface area contributed by atoms with Crippen LogP contribution in [0, 0.1) is 6.92 Å². The molecule has 0 unspecified atom stereocenters. The number of amidine groups is 1. The summed E-state index contributed by atoms with van der Waals surface area (Å²) in [5.41, 5.74) is 1.93. The summed E-state index contributed by atoms with van der Waals surface area (Å²) in [4.78, 5) is 17.9. The van der Waals surface area contributed by atoms with E-state index in [1.165, 1.54) is 11.8 Å². The summed E-state index contributed by atoms with van der Waals surface area (Å²) in [5, 5.41) is 0.552. The molecule has 0 bridgehead atoms. The predicted molar refractivity (Wildman–Crippen MR) is 97.9 cm³/mol. The number of carbonyl (C=O) groups excluding carboxylic acids is 1. The van der Waals surface area contributed by atoms with Crippen LogP contribution < -0.4 is 4.90 Å². The third kappa shape index (κ3) is 3.34. The fourth-order valence-corrected chi connectivity index (χ4v) is 7.01. The summed E-state index contributed by atoms with van der Waals surface area (Å²) in [6.07, 6.45) is 0.338. The fourth-order valence-electron chi connectivity index (χ4n) is 2.83. The van der Waals surface area contributed by atoms with Crippen LogP contribution in [0.5, 0.6) is 0 Å². The molecule has 0 N–H and O–H groups in total. The minimum absolute atomic E-state index is 0.0626. The van der Waals surface area contributed by atoms with Gasteiger partial charge in [0.15, 0.2) is 15.0 Å². The van der Waals surface area contributed by atoms with E-state index in [0.29, 0.717) is 11.6 Å². The second-order valence-electron chi connectivity index (χ2n) is 5.75. The first-order valence-electron chi connectivity index (χ1n) is 7.34. The Kier molecular flexibility index (Phi) is 4.59. The van der Waals surface area contributed by atoms with Gasteiger partial charge in [-0.1, -0.05) is 34.6 Å². The summed E-state index contributed by atoms with van der Waals surface area (Å²) in [6, 6.07) is 5.70. The van der Waals surface area contributed by atoms with Gasteiger partial charge in [-0.15, -0.1) is 0 Å². The smallest absolute Gasteiger partial charge is 0.247 e. The van der Waals surface area contributed by atoms with Gasteiger partial charge in [-0.25, -0.2) is 8.42 Å². The first kappa shape index (κ1) is 17.0. The SMILES string of the molecule is CCC(=O)N=C1S[C@H]2CS(=O)(=O)C[C@H]2N1c1ccc(Br)c(C)c1. The Hall–Kier alpha value is -0.860. The third-order valence-electron chi connectivity index (χ3n) is 4.01. The third-order valence-corrected chi connectivity index (χ3v) is 8.11. The van der Waals surface area contributed by atoms with Crippen LogP contribution in [0.1, 0.15) is 18.9 Å². The van der Waals surface area contributed by atoms with E-state index in [4.69, 9.17) is 0 Å². The van der Waals surface area contributed by atoms with Crippen LogP contribution in [0.25, 0.3) is 0 Å². The van der Waals surface area contributed by atoms with Gasteiger partial charge in [0.2, 0.25) is 5.91 Å². The maximum absolute atomic E-state index is 12.0. The normalized spacial score (nSPS) is 27.4. The van der Waals surface area contributed by atoms with Crippen molar-refractivity contribution in [3.8, 4) is 0 Å². The van der Waals surface area contributed by atoms with Crippen molar-refractivity contribution in [3.05, 3.63) is 28.2 Å². The van der Waals surface area contributed by atoms with E-state index in [1.54, 1.807) is 6.92 Å². The largest absolute Gasteiger partial charge is 0.316 e. The Morgan fingerprint density at radius 2 is 2.17 bits per heavy atom. The summed E-state index contributed by atoms with van der Waals surface area (Å²) in [5.74, 6) is 0.0708. The Bertz CT molecular complexity index is 792. The maximum atomic E-state index is 12.0. The second kappa shape index (κ2) is 6.22. The van der Waals surface area contributed by atoms with Crippen molar-refractivity contribution in [2.24, 2.45) is 4.99 Å². The molecule has 2 aliphatic heterocycles. The van der Waals surface area contributed by atoms with Gasteiger partial charge in [0.25, 0.3) is 0 Å². The molecule has 2 saturated heterocycles. The van der Waals surface area contributed by atoms with Crippen LogP contribution in [0.2, 0.25) is 0 Å². The number of sulfone groups is 1. The van der Waals surface area contributed by atoms with Crippen LogP contribution in [-0.2, 0) is 14.6 Å². The number of fused-ring (bicyclic) bond motifs is 1. The van der Waals surface area contributed by atoms with Gasteiger partial charge in [-0.2, -0.15) is 4.99 Å². The lowest BCUT2D eigenvalue weighted by Gasteiger charge is -2.25. The van der Waals surface area contributed by atoms with Crippen LogP contribution >= 0.6 is 27.7 Å². The van der Waals surface area contributed by atoms with E-state index in [2.05, 4.69) is 20.9 Å².